The Morgan fingerprint density at radius 2 is 0.909 bits per heavy atom. The van der Waals surface area contributed by atoms with Crippen molar-refractivity contribution in [3.63, 3.8) is 0 Å². The number of halogens is 2. The van der Waals surface area contributed by atoms with Gasteiger partial charge in [-0.15, -0.1) is 0 Å². The van der Waals surface area contributed by atoms with Crippen molar-refractivity contribution in [1.29, 1.82) is 0 Å². The Kier molecular flexibility index (Phi) is 12.6. The van der Waals surface area contributed by atoms with E-state index in [2.05, 4.69) is 9.97 Å². The summed E-state index contributed by atoms with van der Waals surface area (Å²) in [5.74, 6) is -2.37. The number of nitrogens with zero attached hydrogens (tertiary/aromatic N) is 2. The van der Waals surface area contributed by atoms with Crippen molar-refractivity contribution in [2.24, 2.45) is 0 Å². The van der Waals surface area contributed by atoms with Gasteiger partial charge < -0.3 is 19.8 Å². The average molecular weight is 533 g/mol. The topological polar surface area (TPSA) is 106 Å². The van der Waals surface area contributed by atoms with Crippen LogP contribution in [0, 0.1) is 0 Å². The summed E-state index contributed by atoms with van der Waals surface area (Å²) in [4.78, 5) is 28.7. The zero-order valence-electron chi connectivity index (χ0n) is 17.2. The molecule has 0 fully saturated rings. The Morgan fingerprint density at radius 1 is 0.576 bits per heavy atom. The maximum Gasteiger partial charge on any atom is 2.00 e. The van der Waals surface area contributed by atoms with Gasteiger partial charge in [-0.3, -0.25) is 9.97 Å². The van der Waals surface area contributed by atoms with Gasteiger partial charge in [-0.2, -0.15) is 0 Å². The van der Waals surface area contributed by atoms with Crippen LogP contribution in [0.25, 0.3) is 11.4 Å². The molecule has 4 aromatic rings. The van der Waals surface area contributed by atoms with Crippen LogP contribution in [0.1, 0.15) is 20.7 Å². The summed E-state index contributed by atoms with van der Waals surface area (Å²) in [5.41, 5.74) is 2.12. The Balaban J connectivity index is 0.000000246. The van der Waals surface area contributed by atoms with Crippen LogP contribution in [0.2, 0.25) is 10.0 Å². The first-order valence-electron chi connectivity index (χ1n) is 9.13. The summed E-state index contributed by atoms with van der Waals surface area (Å²) < 4.78 is 0. The third kappa shape index (κ3) is 10.4. The van der Waals surface area contributed by atoms with E-state index in [1.54, 1.807) is 12.4 Å². The molecule has 0 bridgehead atoms. The predicted molar refractivity (Wildman–Crippen MR) is 119 cm³/mol. The molecule has 0 saturated carbocycles. The van der Waals surface area contributed by atoms with Crippen molar-refractivity contribution < 1.29 is 39.3 Å². The summed E-state index contributed by atoms with van der Waals surface area (Å²) >= 11 is 11.0. The number of benzene rings is 2. The van der Waals surface area contributed by atoms with Crippen LogP contribution < -0.4 is 10.2 Å². The molecule has 6 nitrogen and oxygen atoms in total. The minimum Gasteiger partial charge on any atom is -0.545 e. The van der Waals surface area contributed by atoms with E-state index in [0.29, 0.717) is 10.0 Å². The number of hydrogen-bond donors (Lipinski definition) is 0. The van der Waals surface area contributed by atoms with Gasteiger partial charge in [0.25, 0.3) is 0 Å². The van der Waals surface area contributed by atoms with E-state index in [0.717, 1.165) is 11.4 Å². The molecule has 0 unspecified atom stereocenters. The molecule has 0 radical (unpaired) electrons. The average Bonchev–Trinajstić information content (AvgIpc) is 2.82. The van der Waals surface area contributed by atoms with Crippen LogP contribution in [0.5, 0.6) is 0 Å². The fraction of sp³-hybridized carbons (Fsp3) is 0. The maximum absolute atomic E-state index is 10.2. The minimum absolute atomic E-state index is 0. The van der Waals surface area contributed by atoms with E-state index in [1.165, 1.54) is 48.5 Å². The second-order valence-electron chi connectivity index (χ2n) is 6.02. The molecular formula is C24H16Cl2N2O4Zn. The van der Waals surface area contributed by atoms with E-state index >= 15 is 0 Å². The van der Waals surface area contributed by atoms with Gasteiger partial charge in [-0.25, -0.2) is 0 Å². The molecule has 0 aliphatic heterocycles. The molecule has 33 heavy (non-hydrogen) atoms. The quantitative estimate of drug-likeness (QED) is 0.374. The van der Waals surface area contributed by atoms with Crippen molar-refractivity contribution in [3.8, 4) is 11.4 Å². The minimum atomic E-state index is -1.18. The van der Waals surface area contributed by atoms with E-state index in [9.17, 15) is 19.8 Å². The molecule has 0 spiro atoms. The van der Waals surface area contributed by atoms with Crippen LogP contribution in [-0.2, 0) is 19.5 Å². The number of carbonyl (C=O) groups excluding carboxylic acids is 2. The van der Waals surface area contributed by atoms with Crippen molar-refractivity contribution in [2.45, 2.75) is 0 Å². The van der Waals surface area contributed by atoms with Gasteiger partial charge in [-0.1, -0.05) is 59.6 Å². The van der Waals surface area contributed by atoms with Crippen LogP contribution in [0.3, 0.4) is 0 Å². The number of carboxylic acid groups (broad SMARTS) is 2. The van der Waals surface area contributed by atoms with Gasteiger partial charge in [-0.05, 0) is 59.7 Å². The molecule has 2 aromatic carbocycles. The van der Waals surface area contributed by atoms with Crippen molar-refractivity contribution in [2.75, 3.05) is 0 Å². The third-order valence-electron chi connectivity index (χ3n) is 3.75. The molecule has 0 aliphatic carbocycles. The number of hydrogen-bond acceptors (Lipinski definition) is 6. The molecule has 0 saturated heterocycles. The number of carbonyl (C=O) groups is 2. The van der Waals surface area contributed by atoms with Gasteiger partial charge in [0, 0.05) is 22.4 Å². The first-order chi connectivity index (χ1) is 15.4. The normalized spacial score (nSPS) is 9.15. The summed E-state index contributed by atoms with van der Waals surface area (Å²) in [7, 11) is 0. The van der Waals surface area contributed by atoms with Crippen LogP contribution in [-0.4, -0.2) is 21.9 Å². The van der Waals surface area contributed by atoms with E-state index in [1.807, 2.05) is 36.4 Å². The molecule has 162 valence electrons. The third-order valence-corrected chi connectivity index (χ3v) is 4.26. The van der Waals surface area contributed by atoms with E-state index in [4.69, 9.17) is 23.2 Å². The fourth-order valence-corrected chi connectivity index (χ4v) is 2.45. The van der Waals surface area contributed by atoms with Crippen LogP contribution in [0.4, 0.5) is 0 Å². The van der Waals surface area contributed by atoms with Gasteiger partial charge >= 0.3 is 19.5 Å². The summed E-state index contributed by atoms with van der Waals surface area (Å²) in [6.07, 6.45) is 3.54. The molecule has 2 aromatic heterocycles. The zero-order valence-corrected chi connectivity index (χ0v) is 21.7. The zero-order chi connectivity index (χ0) is 23.3. The Bertz CT molecular complexity index is 1040. The Morgan fingerprint density at radius 3 is 1.15 bits per heavy atom. The standard InChI is InChI=1S/C10H8N2.2C7H5ClO2.Zn/c1-3-7-11-9(5-1)10-6-2-4-8-12-10;2*8-6-3-1-5(2-4-6)7(9)10;/h1-8H;2*1-4H,(H,9,10);/q;;;+2/p-2. The molecule has 9 heteroatoms. The number of aromatic carboxylic acids is 2. The van der Waals surface area contributed by atoms with Gasteiger partial charge in [0.15, 0.2) is 0 Å². The van der Waals surface area contributed by atoms with Crippen LogP contribution >= 0.6 is 23.2 Å². The van der Waals surface area contributed by atoms with E-state index in [-0.39, 0.29) is 30.6 Å². The van der Waals surface area contributed by atoms with Crippen LogP contribution in [0.15, 0.2) is 97.3 Å². The van der Waals surface area contributed by atoms with Crippen molar-refractivity contribution >= 4 is 35.1 Å². The van der Waals surface area contributed by atoms with E-state index < -0.39 is 11.9 Å². The second-order valence-corrected chi connectivity index (χ2v) is 6.89. The number of aromatic nitrogens is 2. The van der Waals surface area contributed by atoms with Gasteiger partial charge in [0.05, 0.1) is 23.3 Å². The number of rotatable bonds is 3. The monoisotopic (exact) mass is 530 g/mol. The number of carboxylic acids is 2. The molecule has 2 heterocycles. The largest absolute Gasteiger partial charge is 2.00 e. The molecule has 0 atom stereocenters. The maximum atomic E-state index is 10.2. The Labute approximate surface area is 213 Å². The smallest absolute Gasteiger partial charge is 0.545 e. The molecule has 0 aliphatic rings. The fourth-order valence-electron chi connectivity index (χ4n) is 2.20. The first-order valence-corrected chi connectivity index (χ1v) is 9.88. The van der Waals surface area contributed by atoms with Crippen molar-refractivity contribution in [1.82, 2.24) is 9.97 Å². The SMILES string of the molecule is O=C([O-])c1ccc(Cl)cc1.O=C([O-])c1ccc(Cl)cc1.[Zn+2].c1ccc(-c2ccccn2)nc1. The molecule has 0 amide bonds. The van der Waals surface area contributed by atoms with Gasteiger partial charge in [0.2, 0.25) is 0 Å². The summed E-state index contributed by atoms with van der Waals surface area (Å²) in [6.45, 7) is 0. The Hall–Kier alpha value is -3.12. The summed E-state index contributed by atoms with van der Waals surface area (Å²) in [6, 6.07) is 23.2. The molecule has 0 N–H and O–H groups in total. The van der Waals surface area contributed by atoms with Crippen molar-refractivity contribution in [3.05, 3.63) is 118 Å². The number of pyridine rings is 2. The molecular weight excluding hydrogens is 517 g/mol. The predicted octanol–water partition coefficient (Wildman–Crippen LogP) is 3.55. The molecule has 4 rings (SSSR count). The van der Waals surface area contributed by atoms with Gasteiger partial charge in [0.1, 0.15) is 0 Å². The second kappa shape index (κ2) is 14.9. The first kappa shape index (κ1) is 27.9. The summed E-state index contributed by atoms with van der Waals surface area (Å²) in [5, 5.41) is 21.4.